The molecule has 1 heterocycles. The molecule has 2 N–H and O–H groups in total. The molecule has 4 nitrogen and oxygen atoms in total. The van der Waals surface area contributed by atoms with Crippen molar-refractivity contribution in [3.8, 4) is 11.8 Å². The fourth-order valence-electron chi connectivity index (χ4n) is 1.28. The summed E-state index contributed by atoms with van der Waals surface area (Å²) in [6, 6.07) is 3.43. The van der Waals surface area contributed by atoms with E-state index in [1.165, 1.54) is 0 Å². The summed E-state index contributed by atoms with van der Waals surface area (Å²) in [5.41, 5.74) is 0.847. The Morgan fingerprint density at radius 1 is 1.59 bits per heavy atom. The van der Waals surface area contributed by atoms with E-state index < -0.39 is 0 Å². The molecule has 0 unspecified atom stereocenters. The Morgan fingerprint density at radius 3 is 3.12 bits per heavy atom. The van der Waals surface area contributed by atoms with Crippen molar-refractivity contribution in [3.63, 3.8) is 0 Å². The number of hydrogen-bond donors (Lipinski definition) is 2. The Kier molecular flexibility index (Phi) is 5.76. The number of hydrogen-bond acceptors (Lipinski definition) is 3. The Labute approximate surface area is 101 Å². The van der Waals surface area contributed by atoms with E-state index in [9.17, 15) is 4.79 Å². The first kappa shape index (κ1) is 13.2. The van der Waals surface area contributed by atoms with Crippen molar-refractivity contribution in [3.05, 3.63) is 29.6 Å². The van der Waals surface area contributed by atoms with Gasteiger partial charge in [-0.25, -0.2) is 4.98 Å². The summed E-state index contributed by atoms with van der Waals surface area (Å²) >= 11 is 0. The minimum absolute atomic E-state index is 0.221. The van der Waals surface area contributed by atoms with E-state index >= 15 is 0 Å². The highest BCUT2D eigenvalue weighted by Gasteiger charge is 2.10. The third-order valence-corrected chi connectivity index (χ3v) is 2.14. The number of nitrogens with zero attached hydrogens (tertiary/aromatic N) is 1. The summed E-state index contributed by atoms with van der Waals surface area (Å²) in [5.74, 6) is 5.00. The maximum Gasteiger partial charge on any atom is 0.271 e. The predicted octanol–water partition coefficient (Wildman–Crippen LogP) is 0.955. The monoisotopic (exact) mass is 232 g/mol. The van der Waals surface area contributed by atoms with Crippen LogP contribution in [0, 0.1) is 11.8 Å². The van der Waals surface area contributed by atoms with Crippen molar-refractivity contribution in [2.75, 3.05) is 13.2 Å². The van der Waals surface area contributed by atoms with Gasteiger partial charge in [-0.3, -0.25) is 4.79 Å². The number of pyridine rings is 1. The maximum absolute atomic E-state index is 11.8. The molecule has 0 saturated heterocycles. The molecule has 0 aliphatic carbocycles. The lowest BCUT2D eigenvalue weighted by atomic mass is 10.2. The lowest BCUT2D eigenvalue weighted by molar-refractivity contribution is 0.0948. The van der Waals surface area contributed by atoms with E-state index in [1.54, 1.807) is 18.3 Å². The molecule has 0 aromatic carbocycles. The Morgan fingerprint density at radius 2 is 2.41 bits per heavy atom. The molecule has 1 rings (SSSR count). The summed E-state index contributed by atoms with van der Waals surface area (Å²) in [4.78, 5) is 15.8. The molecule has 1 aromatic heterocycles. The van der Waals surface area contributed by atoms with Gasteiger partial charge in [-0.1, -0.05) is 25.2 Å². The molecule has 17 heavy (non-hydrogen) atoms. The minimum atomic E-state index is -0.230. The van der Waals surface area contributed by atoms with E-state index in [-0.39, 0.29) is 12.5 Å². The second-order valence-corrected chi connectivity index (χ2v) is 3.47. The summed E-state index contributed by atoms with van der Waals surface area (Å²) < 4.78 is 0. The number of rotatable bonds is 4. The first-order valence-corrected chi connectivity index (χ1v) is 5.62. The van der Waals surface area contributed by atoms with Crippen LogP contribution < -0.4 is 5.32 Å². The zero-order chi connectivity index (χ0) is 12.5. The number of carbonyl (C=O) groups excluding carboxylic acids is 1. The molecular weight excluding hydrogens is 216 g/mol. The Hall–Kier alpha value is -1.86. The standard InChI is InChI=1S/C13H16N2O2/c1-2-3-8-15-13(17)12-11(7-5-10-16)6-4-9-14-12/h4,6,9,16H,2-3,8,10H2,1H3,(H,15,17). The van der Waals surface area contributed by atoms with Crippen LogP contribution >= 0.6 is 0 Å². The van der Waals surface area contributed by atoms with Crippen LogP contribution in [0.25, 0.3) is 0 Å². The third kappa shape index (κ3) is 4.25. The fourth-order valence-corrected chi connectivity index (χ4v) is 1.28. The number of unbranched alkanes of at least 4 members (excludes halogenated alkanes) is 1. The van der Waals surface area contributed by atoms with Gasteiger partial charge in [0, 0.05) is 12.7 Å². The van der Waals surface area contributed by atoms with Crippen LogP contribution in [0.5, 0.6) is 0 Å². The number of amides is 1. The molecule has 0 bridgehead atoms. The topological polar surface area (TPSA) is 62.2 Å². The average Bonchev–Trinajstić information content (AvgIpc) is 2.37. The van der Waals surface area contributed by atoms with Gasteiger partial charge in [0.25, 0.3) is 5.91 Å². The van der Waals surface area contributed by atoms with Gasteiger partial charge in [0.1, 0.15) is 12.3 Å². The van der Waals surface area contributed by atoms with Crippen LogP contribution in [0.3, 0.4) is 0 Å². The maximum atomic E-state index is 11.8. The van der Waals surface area contributed by atoms with Gasteiger partial charge in [-0.15, -0.1) is 0 Å². The summed E-state index contributed by atoms with van der Waals surface area (Å²) in [6.07, 6.45) is 3.52. The zero-order valence-corrected chi connectivity index (χ0v) is 9.86. The third-order valence-electron chi connectivity index (χ3n) is 2.14. The van der Waals surface area contributed by atoms with Crippen molar-refractivity contribution < 1.29 is 9.90 Å². The molecule has 90 valence electrons. The van der Waals surface area contributed by atoms with Crippen LogP contribution in [0.4, 0.5) is 0 Å². The number of nitrogens with one attached hydrogen (secondary N) is 1. The first-order chi connectivity index (χ1) is 8.29. The molecule has 4 heteroatoms. The van der Waals surface area contributed by atoms with Gasteiger partial charge in [0.05, 0.1) is 5.56 Å². The molecule has 1 aromatic rings. The molecule has 1 amide bonds. The van der Waals surface area contributed by atoms with Crippen molar-refractivity contribution in [1.82, 2.24) is 10.3 Å². The zero-order valence-electron chi connectivity index (χ0n) is 9.86. The van der Waals surface area contributed by atoms with Crippen LogP contribution in [-0.4, -0.2) is 29.1 Å². The molecular formula is C13H16N2O2. The second kappa shape index (κ2) is 7.42. The molecule has 0 atom stereocenters. The van der Waals surface area contributed by atoms with Crippen LogP contribution in [0.15, 0.2) is 18.3 Å². The molecule has 0 spiro atoms. The van der Waals surface area contributed by atoms with Crippen molar-refractivity contribution in [1.29, 1.82) is 0 Å². The highest BCUT2D eigenvalue weighted by molar-refractivity contribution is 5.94. The van der Waals surface area contributed by atoms with Crippen molar-refractivity contribution >= 4 is 5.91 Å². The highest BCUT2D eigenvalue weighted by atomic mass is 16.2. The van der Waals surface area contributed by atoms with E-state index in [0.29, 0.717) is 17.8 Å². The summed E-state index contributed by atoms with van der Waals surface area (Å²) in [6.45, 7) is 2.47. The molecule has 0 fully saturated rings. The fraction of sp³-hybridized carbons (Fsp3) is 0.385. The molecule has 0 radical (unpaired) electrons. The summed E-state index contributed by atoms with van der Waals surface area (Å²) in [5, 5.41) is 11.4. The second-order valence-electron chi connectivity index (χ2n) is 3.47. The van der Waals surface area contributed by atoms with Gasteiger partial charge >= 0.3 is 0 Å². The predicted molar refractivity (Wildman–Crippen MR) is 65.4 cm³/mol. The van der Waals surface area contributed by atoms with E-state index in [2.05, 4.69) is 29.1 Å². The van der Waals surface area contributed by atoms with Crippen molar-refractivity contribution in [2.24, 2.45) is 0 Å². The van der Waals surface area contributed by atoms with E-state index in [1.807, 2.05) is 0 Å². The number of carbonyl (C=O) groups is 1. The smallest absolute Gasteiger partial charge is 0.271 e. The van der Waals surface area contributed by atoms with Crippen LogP contribution in [0.2, 0.25) is 0 Å². The normalized spacial score (nSPS) is 9.29. The molecule has 0 saturated carbocycles. The number of aliphatic hydroxyl groups is 1. The lowest BCUT2D eigenvalue weighted by Gasteiger charge is -2.04. The largest absolute Gasteiger partial charge is 0.384 e. The van der Waals surface area contributed by atoms with Gasteiger partial charge < -0.3 is 10.4 Å². The van der Waals surface area contributed by atoms with Crippen molar-refractivity contribution in [2.45, 2.75) is 19.8 Å². The quantitative estimate of drug-likeness (QED) is 0.600. The SMILES string of the molecule is CCCCNC(=O)c1ncccc1C#CCO. The molecule has 0 aliphatic heterocycles. The van der Waals surface area contributed by atoms with Gasteiger partial charge in [-0.05, 0) is 18.6 Å². The lowest BCUT2D eigenvalue weighted by Crippen LogP contribution is -2.26. The Bertz CT molecular complexity index is 433. The van der Waals surface area contributed by atoms with Gasteiger partial charge in [-0.2, -0.15) is 0 Å². The Balaban J connectivity index is 2.78. The average molecular weight is 232 g/mol. The van der Waals surface area contributed by atoms with Crippen LogP contribution in [-0.2, 0) is 0 Å². The summed E-state index contributed by atoms with van der Waals surface area (Å²) in [7, 11) is 0. The molecule has 0 aliphatic rings. The minimum Gasteiger partial charge on any atom is -0.384 e. The van der Waals surface area contributed by atoms with E-state index in [4.69, 9.17) is 5.11 Å². The van der Waals surface area contributed by atoms with Gasteiger partial charge in [0.15, 0.2) is 0 Å². The number of aliphatic hydroxyl groups excluding tert-OH is 1. The van der Waals surface area contributed by atoms with Gasteiger partial charge in [0.2, 0.25) is 0 Å². The highest BCUT2D eigenvalue weighted by Crippen LogP contribution is 2.03. The van der Waals surface area contributed by atoms with Crippen LogP contribution in [0.1, 0.15) is 35.8 Å². The van der Waals surface area contributed by atoms with E-state index in [0.717, 1.165) is 12.8 Å². The first-order valence-electron chi connectivity index (χ1n) is 5.62. The number of aromatic nitrogens is 1.